The van der Waals surface area contributed by atoms with E-state index in [4.69, 9.17) is 4.74 Å². The Morgan fingerprint density at radius 3 is 2.35 bits per heavy atom. The maximum Gasteiger partial charge on any atom is 0.433 e. The number of hydrogen-bond donors (Lipinski definition) is 2. The Bertz CT molecular complexity index is 1430. The predicted molar refractivity (Wildman–Crippen MR) is 127 cm³/mol. The van der Waals surface area contributed by atoms with E-state index in [9.17, 15) is 40.3 Å². The minimum absolute atomic E-state index is 0.0142. The van der Waals surface area contributed by atoms with Gasteiger partial charge in [-0.3, -0.25) is 9.59 Å². The first-order valence-electron chi connectivity index (χ1n) is 11.8. The molecule has 1 fully saturated rings. The number of nitrogens with zero attached hydrogens (tertiary/aromatic N) is 3. The summed E-state index contributed by atoms with van der Waals surface area (Å²) in [6.45, 7) is 3.14. The molecule has 0 unspecified atom stereocenters. The van der Waals surface area contributed by atoms with E-state index >= 15 is 0 Å². The second-order valence-electron chi connectivity index (χ2n) is 9.64. The first-order chi connectivity index (χ1) is 18.5. The standard InChI is InChI=1S/C25H22F7N5O3/c1-12-17(11-34-21(12)38)22(39)35-20-9-18(37(36-20)15-4-5-19(33-10-15)24(27,28)29)13-6-14(26)8-16(7-13)40-23(2,3)25(30,31)32/h4-10,12,17H,11H2,1-3H3,(H,34,38)(H,35,36,39)/t12-,17+/m1/s1. The largest absolute Gasteiger partial charge is 0.478 e. The summed E-state index contributed by atoms with van der Waals surface area (Å²) in [4.78, 5) is 28.0. The van der Waals surface area contributed by atoms with E-state index in [1.54, 1.807) is 6.92 Å². The lowest BCUT2D eigenvalue weighted by atomic mass is 9.97. The smallest absolute Gasteiger partial charge is 0.433 e. The van der Waals surface area contributed by atoms with E-state index in [1.807, 2.05) is 0 Å². The van der Waals surface area contributed by atoms with E-state index in [2.05, 4.69) is 20.7 Å². The second kappa shape index (κ2) is 10.1. The van der Waals surface area contributed by atoms with Gasteiger partial charge in [0.1, 0.15) is 17.3 Å². The molecule has 1 aliphatic heterocycles. The third-order valence-electron chi connectivity index (χ3n) is 6.32. The summed E-state index contributed by atoms with van der Waals surface area (Å²) in [5, 5.41) is 9.27. The molecule has 1 saturated heterocycles. The van der Waals surface area contributed by atoms with Crippen molar-refractivity contribution < 1.29 is 45.1 Å². The van der Waals surface area contributed by atoms with Crippen LogP contribution in [0, 0.1) is 17.7 Å². The third kappa shape index (κ3) is 5.87. The molecule has 1 aromatic carbocycles. The fourth-order valence-corrected chi connectivity index (χ4v) is 3.92. The number of carbonyl (C=O) groups is 2. The van der Waals surface area contributed by atoms with E-state index < -0.39 is 53.0 Å². The van der Waals surface area contributed by atoms with Gasteiger partial charge in [0.15, 0.2) is 11.4 Å². The topological polar surface area (TPSA) is 98.1 Å². The number of alkyl halides is 6. The minimum atomic E-state index is -4.79. The average molecular weight is 573 g/mol. The molecule has 8 nitrogen and oxygen atoms in total. The fourth-order valence-electron chi connectivity index (χ4n) is 3.92. The van der Waals surface area contributed by atoms with Gasteiger partial charge in [-0.1, -0.05) is 6.92 Å². The highest BCUT2D eigenvalue weighted by Gasteiger charge is 2.50. The van der Waals surface area contributed by atoms with Gasteiger partial charge in [-0.2, -0.15) is 26.3 Å². The van der Waals surface area contributed by atoms with Gasteiger partial charge in [-0.15, -0.1) is 5.10 Å². The molecule has 3 heterocycles. The zero-order valence-corrected chi connectivity index (χ0v) is 21.1. The van der Waals surface area contributed by atoms with Crippen LogP contribution in [0.5, 0.6) is 5.75 Å². The molecule has 0 radical (unpaired) electrons. The Labute approximate surface area is 222 Å². The zero-order chi connectivity index (χ0) is 29.6. The number of benzene rings is 1. The number of halogens is 7. The summed E-state index contributed by atoms with van der Waals surface area (Å²) in [5.74, 6) is -3.86. The van der Waals surface area contributed by atoms with Crippen molar-refractivity contribution in [1.29, 1.82) is 0 Å². The summed E-state index contributed by atoms with van der Waals surface area (Å²) in [7, 11) is 0. The van der Waals surface area contributed by atoms with Crippen molar-refractivity contribution in [3.05, 3.63) is 54.1 Å². The van der Waals surface area contributed by atoms with Crippen molar-refractivity contribution in [2.24, 2.45) is 11.8 Å². The van der Waals surface area contributed by atoms with Gasteiger partial charge in [0.25, 0.3) is 0 Å². The second-order valence-corrected chi connectivity index (χ2v) is 9.64. The molecule has 2 aromatic heterocycles. The van der Waals surface area contributed by atoms with E-state index in [-0.39, 0.29) is 35.2 Å². The van der Waals surface area contributed by atoms with Crippen molar-refractivity contribution in [2.75, 3.05) is 11.9 Å². The van der Waals surface area contributed by atoms with Crippen LogP contribution in [0.2, 0.25) is 0 Å². The van der Waals surface area contributed by atoms with E-state index in [0.717, 1.165) is 49.0 Å². The van der Waals surface area contributed by atoms with Crippen LogP contribution in [-0.4, -0.2) is 44.9 Å². The molecule has 0 aliphatic carbocycles. The van der Waals surface area contributed by atoms with Crippen molar-refractivity contribution in [3.8, 4) is 22.7 Å². The first-order valence-corrected chi connectivity index (χ1v) is 11.8. The van der Waals surface area contributed by atoms with Gasteiger partial charge in [0.2, 0.25) is 11.8 Å². The monoisotopic (exact) mass is 573 g/mol. The lowest BCUT2D eigenvalue weighted by molar-refractivity contribution is -0.234. The number of carbonyl (C=O) groups excluding carboxylic acids is 2. The number of rotatable bonds is 6. The van der Waals surface area contributed by atoms with Crippen molar-refractivity contribution in [3.63, 3.8) is 0 Å². The Morgan fingerprint density at radius 1 is 1.10 bits per heavy atom. The third-order valence-corrected chi connectivity index (χ3v) is 6.32. The van der Waals surface area contributed by atoms with Crippen molar-refractivity contribution in [1.82, 2.24) is 20.1 Å². The minimum Gasteiger partial charge on any atom is -0.478 e. The molecule has 40 heavy (non-hydrogen) atoms. The summed E-state index contributed by atoms with van der Waals surface area (Å²) >= 11 is 0. The number of amides is 2. The van der Waals surface area contributed by atoms with Crippen LogP contribution in [0.4, 0.5) is 36.6 Å². The quantitative estimate of drug-likeness (QED) is 0.399. The SMILES string of the molecule is C[C@H]1C(=O)NC[C@@H]1C(=O)Nc1cc(-c2cc(F)cc(OC(C)(C)C(F)(F)F)c2)n(-c2ccc(C(F)(F)F)nc2)n1. The van der Waals surface area contributed by atoms with Crippen molar-refractivity contribution in [2.45, 2.75) is 38.7 Å². The highest BCUT2D eigenvalue weighted by Crippen LogP contribution is 2.37. The van der Waals surface area contributed by atoms with Gasteiger partial charge in [0.05, 0.1) is 23.5 Å². The van der Waals surface area contributed by atoms with Crippen LogP contribution in [0.25, 0.3) is 16.9 Å². The molecular formula is C25H22F7N5O3. The summed E-state index contributed by atoms with van der Waals surface area (Å²) in [6, 6.07) is 5.75. The number of ether oxygens (including phenoxy) is 1. The summed E-state index contributed by atoms with van der Waals surface area (Å²) < 4.78 is 99.8. The lowest BCUT2D eigenvalue weighted by Gasteiger charge is -2.29. The van der Waals surface area contributed by atoms with Crippen LogP contribution in [-0.2, 0) is 15.8 Å². The van der Waals surface area contributed by atoms with Crippen LogP contribution in [0.1, 0.15) is 26.5 Å². The molecule has 0 spiro atoms. The molecule has 214 valence electrons. The van der Waals surface area contributed by atoms with Gasteiger partial charge >= 0.3 is 12.4 Å². The number of anilines is 1. The molecule has 0 saturated carbocycles. The van der Waals surface area contributed by atoms with E-state index in [0.29, 0.717) is 6.07 Å². The number of aromatic nitrogens is 3. The maximum atomic E-state index is 14.6. The molecule has 2 amide bonds. The Morgan fingerprint density at radius 2 is 1.80 bits per heavy atom. The first kappa shape index (κ1) is 28.8. The Balaban J connectivity index is 1.77. The number of nitrogens with one attached hydrogen (secondary N) is 2. The molecule has 2 atom stereocenters. The molecule has 4 rings (SSSR count). The van der Waals surface area contributed by atoms with Gasteiger partial charge < -0.3 is 15.4 Å². The van der Waals surface area contributed by atoms with Crippen LogP contribution in [0.3, 0.4) is 0 Å². The van der Waals surface area contributed by atoms with Crippen LogP contribution in [0.15, 0.2) is 42.6 Å². The van der Waals surface area contributed by atoms with Gasteiger partial charge in [-0.05, 0) is 38.1 Å². The number of hydrogen-bond acceptors (Lipinski definition) is 5. The average Bonchev–Trinajstić information content (AvgIpc) is 3.40. The highest BCUT2D eigenvalue weighted by molar-refractivity contribution is 5.98. The van der Waals surface area contributed by atoms with Gasteiger partial charge in [0, 0.05) is 30.2 Å². The molecular weight excluding hydrogens is 551 g/mol. The van der Waals surface area contributed by atoms with Crippen LogP contribution < -0.4 is 15.4 Å². The summed E-state index contributed by atoms with van der Waals surface area (Å²) in [5.41, 5.74) is -3.98. The summed E-state index contributed by atoms with van der Waals surface area (Å²) in [6.07, 6.45) is -8.68. The Kier molecular flexibility index (Phi) is 7.28. The normalized spacial score (nSPS) is 18.0. The lowest BCUT2D eigenvalue weighted by Crippen LogP contribution is -2.44. The van der Waals surface area contributed by atoms with Crippen LogP contribution >= 0.6 is 0 Å². The fraction of sp³-hybridized carbons (Fsp3) is 0.360. The van der Waals surface area contributed by atoms with Gasteiger partial charge in [-0.25, -0.2) is 14.1 Å². The molecule has 0 bridgehead atoms. The highest BCUT2D eigenvalue weighted by atomic mass is 19.4. The number of pyridine rings is 1. The van der Waals surface area contributed by atoms with Crippen molar-refractivity contribution >= 4 is 17.6 Å². The molecule has 3 aromatic rings. The maximum absolute atomic E-state index is 14.6. The predicted octanol–water partition coefficient (Wildman–Crippen LogP) is 5.13. The Hall–Kier alpha value is -4.17. The molecule has 15 heteroatoms. The molecule has 2 N–H and O–H groups in total. The molecule has 1 aliphatic rings. The van der Waals surface area contributed by atoms with E-state index in [1.165, 1.54) is 6.07 Å². The zero-order valence-electron chi connectivity index (χ0n) is 21.1.